The van der Waals surface area contributed by atoms with Crippen LogP contribution in [0.2, 0.25) is 0 Å². The maximum Gasteiger partial charge on any atom is -0.0348 e. The first-order valence-electron chi connectivity index (χ1n) is 7.12. The van der Waals surface area contributed by atoms with Gasteiger partial charge >= 0.3 is 0 Å². The summed E-state index contributed by atoms with van der Waals surface area (Å²) in [7, 11) is 0. The fraction of sp³-hybridized carbons (Fsp3) is 0.444. The molecular formula is C18H27. The highest BCUT2D eigenvalue weighted by atomic mass is 13.9. The maximum atomic E-state index is 5.20. The average molecular weight is 243 g/mol. The Morgan fingerprint density at radius 3 is 1.89 bits per heavy atom. The van der Waals surface area contributed by atoms with E-state index in [1.807, 2.05) is 24.3 Å². The van der Waals surface area contributed by atoms with Crippen molar-refractivity contribution < 1.29 is 0 Å². The van der Waals surface area contributed by atoms with Crippen molar-refractivity contribution in [3.8, 4) is 0 Å². The van der Waals surface area contributed by atoms with Gasteiger partial charge < -0.3 is 0 Å². The van der Waals surface area contributed by atoms with Crippen LogP contribution in [0.5, 0.6) is 0 Å². The lowest BCUT2D eigenvalue weighted by Crippen LogP contribution is -1.77. The Kier molecular flexibility index (Phi) is 14.6. The third-order valence-electron chi connectivity index (χ3n) is 2.64. The van der Waals surface area contributed by atoms with E-state index in [2.05, 4.69) is 25.2 Å². The minimum absolute atomic E-state index is 1.20. The first-order chi connectivity index (χ1) is 8.91. The van der Waals surface area contributed by atoms with Gasteiger partial charge in [0.05, 0.1) is 0 Å². The van der Waals surface area contributed by atoms with E-state index in [1.165, 1.54) is 51.0 Å². The van der Waals surface area contributed by atoms with Crippen LogP contribution >= 0.6 is 0 Å². The number of allylic oxidation sites excluding steroid dienone is 9. The Morgan fingerprint density at radius 1 is 0.667 bits per heavy atom. The summed E-state index contributed by atoms with van der Waals surface area (Å²) in [5, 5.41) is 0. The summed E-state index contributed by atoms with van der Waals surface area (Å²) < 4.78 is 0. The minimum atomic E-state index is 1.20. The first-order valence-corrected chi connectivity index (χ1v) is 7.12. The van der Waals surface area contributed by atoms with E-state index in [4.69, 9.17) is 6.58 Å². The van der Waals surface area contributed by atoms with Gasteiger partial charge in [-0.1, -0.05) is 100 Å². The van der Waals surface area contributed by atoms with Crippen molar-refractivity contribution in [1.82, 2.24) is 0 Å². The van der Waals surface area contributed by atoms with Gasteiger partial charge in [0.2, 0.25) is 0 Å². The summed E-state index contributed by atoms with van der Waals surface area (Å²) in [6.07, 6.45) is 27.0. The lowest BCUT2D eigenvalue weighted by molar-refractivity contribution is 0.611. The van der Waals surface area contributed by atoms with Gasteiger partial charge in [-0.05, 0) is 12.8 Å². The molecule has 0 heterocycles. The second-order valence-corrected chi connectivity index (χ2v) is 4.33. The molecule has 0 aromatic carbocycles. The predicted octanol–water partition coefficient (Wildman–Crippen LogP) is 5.95. The monoisotopic (exact) mass is 243 g/mol. The minimum Gasteiger partial charge on any atom is -0.0845 e. The zero-order valence-corrected chi connectivity index (χ0v) is 11.7. The van der Waals surface area contributed by atoms with Gasteiger partial charge in [-0.15, -0.1) is 0 Å². The van der Waals surface area contributed by atoms with Crippen LogP contribution in [0.1, 0.15) is 51.9 Å². The summed E-state index contributed by atoms with van der Waals surface area (Å²) in [6, 6.07) is 0. The quantitative estimate of drug-likeness (QED) is 0.310. The van der Waals surface area contributed by atoms with Crippen LogP contribution in [0.3, 0.4) is 0 Å². The van der Waals surface area contributed by atoms with Gasteiger partial charge in [0.25, 0.3) is 0 Å². The Hall–Kier alpha value is -1.30. The molecule has 0 aromatic rings. The van der Waals surface area contributed by atoms with Gasteiger partial charge in [0, 0.05) is 0 Å². The summed E-state index contributed by atoms with van der Waals surface area (Å²) in [6.45, 7) is 7.46. The SMILES string of the molecule is [CH]=CC=CC=CC=CC=CCCCCCCCC. The standard InChI is InChI=1S/C18H27/c1-3-5-7-9-11-13-15-17-18-16-14-12-10-8-6-4-2/h1,3,5,7,9,11,13,15,17-18H,4,6,8,10,12,14,16H2,2H3. The molecule has 99 valence electrons. The van der Waals surface area contributed by atoms with Crippen molar-refractivity contribution in [2.24, 2.45) is 0 Å². The third-order valence-corrected chi connectivity index (χ3v) is 2.64. The van der Waals surface area contributed by atoms with Crippen molar-refractivity contribution >= 4 is 0 Å². The first kappa shape index (κ1) is 16.7. The van der Waals surface area contributed by atoms with Crippen LogP contribution < -0.4 is 0 Å². The highest BCUT2D eigenvalue weighted by Gasteiger charge is 1.87. The lowest BCUT2D eigenvalue weighted by Gasteiger charge is -1.97. The van der Waals surface area contributed by atoms with E-state index in [0.29, 0.717) is 0 Å². The second kappa shape index (κ2) is 15.7. The largest absolute Gasteiger partial charge is 0.0845 e. The van der Waals surface area contributed by atoms with Crippen molar-refractivity contribution in [3.63, 3.8) is 0 Å². The molecule has 0 spiro atoms. The fourth-order valence-electron chi connectivity index (χ4n) is 1.60. The number of unbranched alkanes of at least 4 members (excludes halogenated alkanes) is 6. The smallest absolute Gasteiger partial charge is 0.0348 e. The van der Waals surface area contributed by atoms with E-state index in [9.17, 15) is 0 Å². The van der Waals surface area contributed by atoms with Crippen LogP contribution in [-0.4, -0.2) is 0 Å². The lowest BCUT2D eigenvalue weighted by atomic mass is 10.1. The molecular weight excluding hydrogens is 216 g/mol. The van der Waals surface area contributed by atoms with Gasteiger partial charge in [-0.3, -0.25) is 0 Å². The van der Waals surface area contributed by atoms with Gasteiger partial charge in [-0.25, -0.2) is 0 Å². The second-order valence-electron chi connectivity index (χ2n) is 4.33. The average Bonchev–Trinajstić information content (AvgIpc) is 2.39. The molecule has 0 unspecified atom stereocenters. The molecule has 0 atom stereocenters. The molecule has 0 aliphatic heterocycles. The van der Waals surface area contributed by atoms with Crippen LogP contribution in [0, 0.1) is 6.58 Å². The molecule has 0 aromatic heterocycles. The molecule has 0 heteroatoms. The molecule has 0 saturated heterocycles. The molecule has 18 heavy (non-hydrogen) atoms. The summed E-state index contributed by atoms with van der Waals surface area (Å²) in [5.74, 6) is 0. The molecule has 0 aliphatic carbocycles. The number of hydrogen-bond donors (Lipinski definition) is 0. The number of hydrogen-bond acceptors (Lipinski definition) is 0. The van der Waals surface area contributed by atoms with Crippen LogP contribution in [0.15, 0.2) is 54.7 Å². The Bertz CT molecular complexity index is 276. The van der Waals surface area contributed by atoms with Crippen molar-refractivity contribution in [3.05, 3.63) is 61.3 Å². The van der Waals surface area contributed by atoms with Crippen LogP contribution in [-0.2, 0) is 0 Å². The van der Waals surface area contributed by atoms with E-state index in [0.717, 1.165) is 0 Å². The normalized spacial score (nSPS) is 12.5. The van der Waals surface area contributed by atoms with E-state index < -0.39 is 0 Å². The Morgan fingerprint density at radius 2 is 1.22 bits per heavy atom. The molecule has 0 bridgehead atoms. The molecule has 0 fully saturated rings. The zero-order chi connectivity index (χ0) is 13.3. The predicted molar refractivity (Wildman–Crippen MR) is 83.4 cm³/mol. The summed E-state index contributed by atoms with van der Waals surface area (Å²) in [4.78, 5) is 0. The van der Waals surface area contributed by atoms with Gasteiger partial charge in [0.1, 0.15) is 0 Å². The third kappa shape index (κ3) is 14.7. The summed E-state index contributed by atoms with van der Waals surface area (Å²) in [5.41, 5.74) is 0. The molecule has 0 nitrogen and oxygen atoms in total. The highest BCUT2D eigenvalue weighted by Crippen LogP contribution is 2.07. The van der Waals surface area contributed by atoms with Gasteiger partial charge in [0.15, 0.2) is 0 Å². The Labute approximate surface area is 113 Å². The van der Waals surface area contributed by atoms with Gasteiger partial charge in [-0.2, -0.15) is 0 Å². The van der Waals surface area contributed by atoms with Crippen molar-refractivity contribution in [2.75, 3.05) is 0 Å². The highest BCUT2D eigenvalue weighted by molar-refractivity contribution is 5.16. The Balaban J connectivity index is 3.37. The molecule has 0 saturated carbocycles. The van der Waals surface area contributed by atoms with Crippen molar-refractivity contribution in [2.45, 2.75) is 51.9 Å². The van der Waals surface area contributed by atoms with E-state index in [-0.39, 0.29) is 0 Å². The number of rotatable bonds is 11. The molecule has 1 radical (unpaired) electrons. The molecule has 0 rings (SSSR count). The topological polar surface area (TPSA) is 0 Å². The zero-order valence-electron chi connectivity index (χ0n) is 11.7. The molecule has 0 N–H and O–H groups in total. The fourth-order valence-corrected chi connectivity index (χ4v) is 1.60. The molecule has 0 amide bonds. The summed E-state index contributed by atoms with van der Waals surface area (Å²) >= 11 is 0. The maximum absolute atomic E-state index is 5.20. The van der Waals surface area contributed by atoms with Crippen LogP contribution in [0.25, 0.3) is 0 Å². The van der Waals surface area contributed by atoms with Crippen molar-refractivity contribution in [1.29, 1.82) is 0 Å². The van der Waals surface area contributed by atoms with Crippen LogP contribution in [0.4, 0.5) is 0 Å². The van der Waals surface area contributed by atoms with E-state index >= 15 is 0 Å². The molecule has 0 aliphatic rings. The van der Waals surface area contributed by atoms with E-state index in [1.54, 1.807) is 6.08 Å².